The molecule has 0 spiro atoms. The lowest BCUT2D eigenvalue weighted by atomic mass is 10.0. The van der Waals surface area contributed by atoms with E-state index >= 15 is 0 Å². The summed E-state index contributed by atoms with van der Waals surface area (Å²) < 4.78 is 41.9. The summed E-state index contributed by atoms with van der Waals surface area (Å²) in [6.07, 6.45) is -3.93. The van der Waals surface area contributed by atoms with Crippen molar-refractivity contribution in [2.24, 2.45) is 0 Å². The van der Waals surface area contributed by atoms with E-state index in [1.54, 1.807) is 0 Å². The van der Waals surface area contributed by atoms with Crippen LogP contribution in [0, 0.1) is 0 Å². The van der Waals surface area contributed by atoms with Crippen molar-refractivity contribution in [2.45, 2.75) is 25.2 Å². The molecule has 1 aromatic rings. The molecule has 0 aliphatic rings. The molecule has 0 aromatic carbocycles. The SMILES string of the molecule is CC(NCc1ncno1)(C(=O)O)C(F)(F)F. The van der Waals surface area contributed by atoms with Gasteiger partial charge < -0.3 is 9.63 Å². The van der Waals surface area contributed by atoms with Crippen molar-refractivity contribution in [2.75, 3.05) is 0 Å². The van der Waals surface area contributed by atoms with Gasteiger partial charge >= 0.3 is 12.1 Å². The summed E-state index contributed by atoms with van der Waals surface area (Å²) in [5.41, 5.74) is -3.05. The molecule has 0 bridgehead atoms. The molecule has 16 heavy (non-hydrogen) atoms. The van der Waals surface area contributed by atoms with Crippen LogP contribution in [0.3, 0.4) is 0 Å². The van der Waals surface area contributed by atoms with Gasteiger partial charge in [0.2, 0.25) is 11.4 Å². The largest absolute Gasteiger partial charge is 0.480 e. The molecule has 0 saturated heterocycles. The fourth-order valence-electron chi connectivity index (χ4n) is 0.823. The number of carboxylic acid groups (broad SMARTS) is 1. The first-order valence-electron chi connectivity index (χ1n) is 4.08. The van der Waals surface area contributed by atoms with Gasteiger partial charge in [-0.15, -0.1) is 0 Å². The van der Waals surface area contributed by atoms with Crippen molar-refractivity contribution in [1.29, 1.82) is 0 Å². The van der Waals surface area contributed by atoms with Crippen LogP contribution in [0.25, 0.3) is 0 Å². The normalized spacial score (nSPS) is 15.8. The van der Waals surface area contributed by atoms with E-state index in [0.717, 1.165) is 6.33 Å². The van der Waals surface area contributed by atoms with Crippen LogP contribution in [0.5, 0.6) is 0 Å². The summed E-state index contributed by atoms with van der Waals surface area (Å²) in [6, 6.07) is 0. The zero-order chi connectivity index (χ0) is 12.4. The number of hydrogen-bond acceptors (Lipinski definition) is 5. The Balaban J connectivity index is 2.77. The molecule has 0 aliphatic carbocycles. The Morgan fingerprint density at radius 2 is 2.25 bits per heavy atom. The van der Waals surface area contributed by atoms with E-state index in [2.05, 4.69) is 14.7 Å². The molecule has 0 amide bonds. The van der Waals surface area contributed by atoms with Crippen LogP contribution in [0.2, 0.25) is 0 Å². The third kappa shape index (κ3) is 2.30. The molecular formula is C7H8F3N3O3. The number of alkyl halides is 3. The third-order valence-electron chi connectivity index (χ3n) is 1.99. The second-order valence-corrected chi connectivity index (χ2v) is 3.12. The van der Waals surface area contributed by atoms with Gasteiger partial charge in [-0.3, -0.25) is 5.32 Å². The summed E-state index contributed by atoms with van der Waals surface area (Å²) in [5.74, 6) is -2.16. The lowest BCUT2D eigenvalue weighted by Crippen LogP contribution is -2.59. The van der Waals surface area contributed by atoms with Crippen LogP contribution >= 0.6 is 0 Å². The average Bonchev–Trinajstić information content (AvgIpc) is 2.64. The molecule has 0 fully saturated rings. The molecule has 2 N–H and O–H groups in total. The van der Waals surface area contributed by atoms with Gasteiger partial charge in [-0.25, -0.2) is 4.79 Å². The second kappa shape index (κ2) is 4.08. The lowest BCUT2D eigenvalue weighted by molar-refractivity contribution is -0.206. The molecule has 1 aromatic heterocycles. The smallest absolute Gasteiger partial charge is 0.417 e. The Kier molecular flexibility index (Phi) is 3.17. The molecular weight excluding hydrogens is 231 g/mol. The minimum Gasteiger partial charge on any atom is -0.480 e. The maximum atomic E-state index is 12.5. The highest BCUT2D eigenvalue weighted by molar-refractivity contribution is 5.79. The first-order valence-corrected chi connectivity index (χ1v) is 4.08. The van der Waals surface area contributed by atoms with E-state index in [0.29, 0.717) is 6.92 Å². The standard InChI is InChI=1S/C7H8F3N3O3/c1-6(5(14)15,7(8,9)10)12-2-4-11-3-13-16-4/h3,12H,2H2,1H3,(H,14,15). The molecule has 0 radical (unpaired) electrons. The van der Waals surface area contributed by atoms with Crippen molar-refractivity contribution in [3.05, 3.63) is 12.2 Å². The maximum absolute atomic E-state index is 12.5. The predicted molar refractivity (Wildman–Crippen MR) is 43.2 cm³/mol. The molecule has 1 rings (SSSR count). The predicted octanol–water partition coefficient (Wildman–Crippen LogP) is 0.565. The summed E-state index contributed by atoms with van der Waals surface area (Å²) >= 11 is 0. The molecule has 6 nitrogen and oxygen atoms in total. The highest BCUT2D eigenvalue weighted by Gasteiger charge is 2.57. The Morgan fingerprint density at radius 1 is 1.62 bits per heavy atom. The Labute approximate surface area is 87.4 Å². The Bertz CT molecular complexity index is 365. The van der Waals surface area contributed by atoms with E-state index in [1.807, 2.05) is 5.32 Å². The van der Waals surface area contributed by atoms with E-state index < -0.39 is 24.2 Å². The number of aliphatic carboxylic acids is 1. The van der Waals surface area contributed by atoms with Gasteiger partial charge in [0.1, 0.15) is 0 Å². The molecule has 0 aliphatic heterocycles. The van der Waals surface area contributed by atoms with Gasteiger partial charge in [0.05, 0.1) is 6.54 Å². The van der Waals surface area contributed by atoms with Crippen LogP contribution in [-0.2, 0) is 11.3 Å². The monoisotopic (exact) mass is 239 g/mol. The zero-order valence-corrected chi connectivity index (χ0v) is 8.08. The van der Waals surface area contributed by atoms with Gasteiger partial charge in [-0.05, 0) is 6.92 Å². The van der Waals surface area contributed by atoms with Crippen LogP contribution in [0.15, 0.2) is 10.9 Å². The summed E-state index contributed by atoms with van der Waals surface area (Å²) in [7, 11) is 0. The number of hydrogen-bond donors (Lipinski definition) is 2. The zero-order valence-electron chi connectivity index (χ0n) is 8.08. The first-order chi connectivity index (χ1) is 7.27. The molecule has 9 heteroatoms. The summed E-state index contributed by atoms with van der Waals surface area (Å²) in [4.78, 5) is 14.0. The van der Waals surface area contributed by atoms with E-state index in [-0.39, 0.29) is 5.89 Å². The molecule has 90 valence electrons. The van der Waals surface area contributed by atoms with Gasteiger partial charge in [-0.1, -0.05) is 5.16 Å². The van der Waals surface area contributed by atoms with Gasteiger partial charge in [0.25, 0.3) is 0 Å². The van der Waals surface area contributed by atoms with Gasteiger partial charge in [0.15, 0.2) is 6.33 Å². The first kappa shape index (κ1) is 12.4. The third-order valence-corrected chi connectivity index (χ3v) is 1.99. The van der Waals surface area contributed by atoms with Gasteiger partial charge in [-0.2, -0.15) is 18.2 Å². The highest BCUT2D eigenvalue weighted by Crippen LogP contribution is 2.30. The summed E-state index contributed by atoms with van der Waals surface area (Å²) in [5, 5.41) is 13.5. The number of carboxylic acids is 1. The molecule has 0 saturated carbocycles. The second-order valence-electron chi connectivity index (χ2n) is 3.12. The van der Waals surface area contributed by atoms with Crippen molar-refractivity contribution in [3.8, 4) is 0 Å². The fraction of sp³-hybridized carbons (Fsp3) is 0.571. The van der Waals surface area contributed by atoms with E-state index in [9.17, 15) is 18.0 Å². The van der Waals surface area contributed by atoms with Crippen LogP contribution < -0.4 is 5.32 Å². The fourth-order valence-corrected chi connectivity index (χ4v) is 0.823. The van der Waals surface area contributed by atoms with Crippen molar-refractivity contribution in [3.63, 3.8) is 0 Å². The maximum Gasteiger partial charge on any atom is 0.417 e. The minimum absolute atomic E-state index is 0.128. The number of rotatable bonds is 4. The minimum atomic E-state index is -4.93. The van der Waals surface area contributed by atoms with Crippen molar-refractivity contribution < 1.29 is 27.6 Å². The summed E-state index contributed by atoms with van der Waals surface area (Å²) in [6.45, 7) is 0.0357. The number of nitrogens with one attached hydrogen (secondary N) is 1. The van der Waals surface area contributed by atoms with E-state index in [4.69, 9.17) is 5.11 Å². The Hall–Kier alpha value is -1.64. The molecule has 1 atom stereocenters. The van der Waals surface area contributed by atoms with E-state index in [1.165, 1.54) is 0 Å². The van der Waals surface area contributed by atoms with Crippen LogP contribution in [-0.4, -0.2) is 32.9 Å². The molecule has 1 unspecified atom stereocenters. The lowest BCUT2D eigenvalue weighted by Gasteiger charge is -2.27. The number of aromatic nitrogens is 2. The van der Waals surface area contributed by atoms with Crippen LogP contribution in [0.4, 0.5) is 13.2 Å². The van der Waals surface area contributed by atoms with Crippen molar-refractivity contribution >= 4 is 5.97 Å². The number of halogens is 3. The topological polar surface area (TPSA) is 88.3 Å². The Morgan fingerprint density at radius 3 is 2.62 bits per heavy atom. The number of carbonyl (C=O) groups is 1. The number of nitrogens with zero attached hydrogens (tertiary/aromatic N) is 2. The van der Waals surface area contributed by atoms with Crippen molar-refractivity contribution in [1.82, 2.24) is 15.5 Å². The molecule has 1 heterocycles. The quantitative estimate of drug-likeness (QED) is 0.798. The van der Waals surface area contributed by atoms with Crippen LogP contribution in [0.1, 0.15) is 12.8 Å². The highest BCUT2D eigenvalue weighted by atomic mass is 19.4. The average molecular weight is 239 g/mol. The van der Waals surface area contributed by atoms with Gasteiger partial charge in [0, 0.05) is 0 Å².